The van der Waals surface area contributed by atoms with Gasteiger partial charge in [-0.05, 0) is 0 Å². The Kier molecular flexibility index (Phi) is 10.0. The van der Waals surface area contributed by atoms with Crippen molar-refractivity contribution in [1.29, 1.82) is 0 Å². The Bertz CT molecular complexity index is 1590. The van der Waals surface area contributed by atoms with Gasteiger partial charge in [-0.25, -0.2) is 0 Å². The molecule has 0 spiro atoms. The van der Waals surface area contributed by atoms with Crippen molar-refractivity contribution in [2.75, 3.05) is 19.8 Å². The van der Waals surface area contributed by atoms with Crippen LogP contribution in [0.25, 0.3) is 0 Å². The van der Waals surface area contributed by atoms with Gasteiger partial charge in [0.15, 0.2) is 0 Å². The zero-order valence-corrected chi connectivity index (χ0v) is 30.1. The summed E-state index contributed by atoms with van der Waals surface area (Å²) in [7, 11) is -2.77. The number of carbonyl (C=O) groups is 1. The average molecular weight is 716 g/mol. The van der Waals surface area contributed by atoms with Crippen molar-refractivity contribution in [3.63, 3.8) is 0 Å². The molecule has 46 heavy (non-hydrogen) atoms. The van der Waals surface area contributed by atoms with Gasteiger partial charge in [-0.15, -0.1) is 0 Å². The molecule has 4 nitrogen and oxygen atoms in total. The first-order valence-electron chi connectivity index (χ1n) is 15.8. The third kappa shape index (κ3) is 6.84. The van der Waals surface area contributed by atoms with E-state index < -0.39 is 33.2 Å². The second kappa shape index (κ2) is 14.0. The summed E-state index contributed by atoms with van der Waals surface area (Å²) >= 11 is 1.26. The van der Waals surface area contributed by atoms with Gasteiger partial charge in [0.1, 0.15) is 0 Å². The van der Waals surface area contributed by atoms with Crippen molar-refractivity contribution in [3.8, 4) is 0 Å². The molecule has 1 amide bonds. The first-order valence-corrected chi connectivity index (χ1v) is 20.4. The van der Waals surface area contributed by atoms with Crippen LogP contribution in [0.15, 0.2) is 134 Å². The zero-order valence-electron chi connectivity index (χ0n) is 26.6. The fourth-order valence-corrected chi connectivity index (χ4v) is 16.2. The molecule has 6 rings (SSSR count). The quantitative estimate of drug-likeness (QED) is 0.199. The summed E-state index contributed by atoms with van der Waals surface area (Å²) in [6.45, 7) is 8.23. The predicted octanol–water partition coefficient (Wildman–Crippen LogP) is 6.02. The first kappa shape index (κ1) is 32.9. The normalized spacial score (nSPS) is 22.2. The van der Waals surface area contributed by atoms with E-state index in [0.29, 0.717) is 31.8 Å². The number of carbonyl (C=O) groups excluding carboxylic acids is 1. The number of rotatable bonds is 9. The molecule has 4 aromatic rings. The molecule has 0 unspecified atom stereocenters. The molecule has 2 heterocycles. The summed E-state index contributed by atoms with van der Waals surface area (Å²) in [6.07, 6.45) is 4.23. The van der Waals surface area contributed by atoms with Crippen molar-refractivity contribution in [2.24, 2.45) is 0 Å². The van der Waals surface area contributed by atoms with Crippen LogP contribution in [0.1, 0.15) is 37.6 Å². The molecular weight excluding hydrogens is 675 g/mol. The third-order valence-electron chi connectivity index (χ3n) is 8.70. The number of halogens is 1. The van der Waals surface area contributed by atoms with Crippen molar-refractivity contribution in [2.45, 2.75) is 47.4 Å². The molecule has 3 atom stereocenters. The molecule has 0 radical (unpaired) electrons. The summed E-state index contributed by atoms with van der Waals surface area (Å²) in [6, 6.07) is 40.6. The first-order chi connectivity index (χ1) is 22.2. The van der Waals surface area contributed by atoms with Gasteiger partial charge in [0.05, 0.1) is 0 Å². The summed E-state index contributed by atoms with van der Waals surface area (Å²) < 4.78 is 24.6. The van der Waals surface area contributed by atoms with Crippen LogP contribution in [-0.2, 0) is 4.43 Å². The Balaban J connectivity index is 1.29. The van der Waals surface area contributed by atoms with Gasteiger partial charge in [-0.2, -0.15) is 0 Å². The van der Waals surface area contributed by atoms with E-state index in [0.717, 1.165) is 4.46 Å². The van der Waals surface area contributed by atoms with E-state index >= 15 is 4.39 Å². The van der Waals surface area contributed by atoms with Crippen LogP contribution in [0.5, 0.6) is 0 Å². The predicted molar refractivity (Wildman–Crippen MR) is 192 cm³/mol. The molecule has 0 bridgehead atoms. The number of amides is 1. The van der Waals surface area contributed by atoms with E-state index in [1.807, 2.05) is 72.9 Å². The molecule has 0 aliphatic carbocycles. The Morgan fingerprint density at radius 2 is 1.43 bits per heavy atom. The standard InChI is InChI=1S/C38H41FN2O2SSeSi/c1-37(2,3)46(33-21-12-6-13-22-33,34-23-14-7-15-24-34)43-28-31-27-38(39,45-32-19-10-5-11-20-32)36(44-31)41-26-16-25-40(29-41)35(42)30-17-8-4-9-18-30/h4-25,31,36H,26-29H2,1-3H3/t31-,36+,38+/m1/s1. The van der Waals surface area contributed by atoms with Crippen LogP contribution in [0.4, 0.5) is 4.39 Å². The molecule has 0 saturated carbocycles. The van der Waals surface area contributed by atoms with Crippen LogP contribution in [-0.4, -0.2) is 74.0 Å². The topological polar surface area (TPSA) is 32.8 Å². The molecule has 238 valence electrons. The number of alkyl halides is 1. The molecule has 4 aromatic carbocycles. The molecule has 0 N–H and O–H groups in total. The fourth-order valence-electron chi connectivity index (χ4n) is 6.61. The summed E-state index contributed by atoms with van der Waals surface area (Å²) in [5.74, 6) is -0.0749. The van der Waals surface area contributed by atoms with Gasteiger partial charge in [0.2, 0.25) is 0 Å². The van der Waals surface area contributed by atoms with Gasteiger partial charge in [0.25, 0.3) is 0 Å². The van der Waals surface area contributed by atoms with Gasteiger partial charge in [0, 0.05) is 0 Å². The van der Waals surface area contributed by atoms with Crippen molar-refractivity contribution >= 4 is 55.8 Å². The van der Waals surface area contributed by atoms with Crippen molar-refractivity contribution < 1.29 is 13.6 Å². The average Bonchev–Trinajstić information content (AvgIpc) is 3.41. The monoisotopic (exact) mass is 716 g/mol. The Labute approximate surface area is 284 Å². The number of thioether (sulfide) groups is 1. The molecule has 2 aliphatic heterocycles. The summed E-state index contributed by atoms with van der Waals surface area (Å²) in [4.78, 5) is 17.2. The van der Waals surface area contributed by atoms with Gasteiger partial charge < -0.3 is 0 Å². The Morgan fingerprint density at radius 1 is 0.891 bits per heavy atom. The Hall–Kier alpha value is -2.97. The van der Waals surface area contributed by atoms with Gasteiger partial charge in [-0.3, -0.25) is 0 Å². The van der Waals surface area contributed by atoms with Crippen LogP contribution >= 0.6 is 11.8 Å². The number of nitrogens with zero attached hydrogens (tertiary/aromatic N) is 2. The number of benzene rings is 4. The molecular formula is C38H41FN2O2SSeSi. The van der Waals surface area contributed by atoms with E-state index in [9.17, 15) is 4.79 Å². The van der Waals surface area contributed by atoms with Crippen LogP contribution in [0, 0.1) is 0 Å². The number of hydrogen-bond acceptors (Lipinski definition) is 4. The van der Waals surface area contributed by atoms with Crippen molar-refractivity contribution in [1.82, 2.24) is 9.80 Å². The molecule has 2 aliphatic rings. The van der Waals surface area contributed by atoms with Crippen molar-refractivity contribution in [3.05, 3.63) is 139 Å². The summed E-state index contributed by atoms with van der Waals surface area (Å²) in [5.41, 5.74) is 0.629. The van der Waals surface area contributed by atoms with E-state index in [4.69, 9.17) is 4.43 Å². The number of hydrogen-bond donors (Lipinski definition) is 0. The zero-order chi connectivity index (χ0) is 32.2. The molecule has 1 fully saturated rings. The summed E-state index contributed by atoms with van der Waals surface area (Å²) in [5, 5.41) is 1.85. The van der Waals surface area contributed by atoms with Gasteiger partial charge in [-0.1, -0.05) is 0 Å². The SMILES string of the molecule is CC(C)(C)[Si](OC[C@H]1C[C@](F)([Se]c2ccccc2)[C@@H](N2CC=CN(C(=O)c3ccccc3)C2)S1)(c1ccccc1)c1ccccc1. The maximum atomic E-state index is 17.6. The molecule has 1 saturated heterocycles. The van der Waals surface area contributed by atoms with E-state index in [2.05, 4.69) is 86.3 Å². The van der Waals surface area contributed by atoms with Gasteiger partial charge >= 0.3 is 286 Å². The van der Waals surface area contributed by atoms with Crippen LogP contribution < -0.4 is 14.8 Å². The maximum absolute atomic E-state index is 17.6. The Morgan fingerprint density at radius 3 is 2.00 bits per heavy atom. The second-order valence-corrected chi connectivity index (χ2v) is 21.5. The van der Waals surface area contributed by atoms with Crippen LogP contribution in [0.3, 0.4) is 0 Å². The van der Waals surface area contributed by atoms with Crippen LogP contribution in [0.2, 0.25) is 5.04 Å². The van der Waals surface area contributed by atoms with E-state index in [-0.39, 0.29) is 16.2 Å². The minimum absolute atomic E-state index is 0.0357. The van der Waals surface area contributed by atoms with E-state index in [1.54, 1.807) is 16.7 Å². The second-order valence-electron chi connectivity index (χ2n) is 12.9. The molecule has 8 heteroatoms. The minimum atomic E-state index is -2.77. The molecule has 0 aromatic heterocycles. The third-order valence-corrected chi connectivity index (χ3v) is 18.3. The van der Waals surface area contributed by atoms with E-state index in [1.165, 1.54) is 10.4 Å². The fraction of sp³-hybridized carbons (Fsp3) is 0.289.